The molecule has 0 saturated heterocycles. The van der Waals surface area contributed by atoms with Gasteiger partial charge >= 0.3 is 0 Å². The van der Waals surface area contributed by atoms with Gasteiger partial charge in [0.2, 0.25) is 5.91 Å². The van der Waals surface area contributed by atoms with Crippen molar-refractivity contribution in [1.29, 1.82) is 0 Å². The van der Waals surface area contributed by atoms with Crippen molar-refractivity contribution in [2.75, 3.05) is 6.61 Å². The number of carbonyl (C=O) groups excluding carboxylic acids is 2. The lowest BCUT2D eigenvalue weighted by Crippen LogP contribution is -2.26. The first-order valence-electron chi connectivity index (χ1n) is 4.39. The van der Waals surface area contributed by atoms with Gasteiger partial charge in [-0.2, -0.15) is 0 Å². The topological polar surface area (TPSA) is 66.4 Å². The number of rotatable bonds is 4. The van der Waals surface area contributed by atoms with Crippen LogP contribution in [0.2, 0.25) is 0 Å². The van der Waals surface area contributed by atoms with Gasteiger partial charge in [-0.25, -0.2) is 0 Å². The zero-order valence-electron chi connectivity index (χ0n) is 8.01. The molecule has 0 aliphatic heterocycles. The molecule has 1 aromatic rings. The Morgan fingerprint density at radius 3 is 2.53 bits per heavy atom. The lowest BCUT2D eigenvalue weighted by Gasteiger charge is -2.01. The van der Waals surface area contributed by atoms with Crippen LogP contribution in [-0.4, -0.2) is 23.9 Å². The summed E-state index contributed by atoms with van der Waals surface area (Å²) >= 11 is 0. The monoisotopic (exact) mass is 205 g/mol. The summed E-state index contributed by atoms with van der Waals surface area (Å²) in [5, 5.41) is 10.8. The van der Waals surface area contributed by atoms with E-state index in [4.69, 9.17) is 5.11 Å². The van der Waals surface area contributed by atoms with Crippen molar-refractivity contribution < 1.29 is 14.7 Å². The van der Waals surface area contributed by atoms with E-state index in [0.29, 0.717) is 6.29 Å². The fraction of sp³-hybridized carbons (Fsp3) is 0.0909. The highest BCUT2D eigenvalue weighted by atomic mass is 16.3. The molecule has 0 bridgehead atoms. The number of amides is 1. The van der Waals surface area contributed by atoms with E-state index in [1.807, 2.05) is 18.2 Å². The normalized spacial score (nSPS) is 10.9. The van der Waals surface area contributed by atoms with Crippen molar-refractivity contribution >= 4 is 18.3 Å². The Kier molecular flexibility index (Phi) is 4.25. The van der Waals surface area contributed by atoms with E-state index < -0.39 is 12.5 Å². The summed E-state index contributed by atoms with van der Waals surface area (Å²) in [6.45, 7) is -0.639. The van der Waals surface area contributed by atoms with Crippen LogP contribution >= 0.6 is 0 Å². The lowest BCUT2D eigenvalue weighted by atomic mass is 10.2. The number of aldehydes is 1. The fourth-order valence-electron chi connectivity index (χ4n) is 1.03. The smallest absolute Gasteiger partial charge is 0.250 e. The molecule has 1 rings (SSSR count). The molecule has 0 aliphatic carbocycles. The van der Waals surface area contributed by atoms with Crippen molar-refractivity contribution in [1.82, 2.24) is 5.32 Å². The van der Waals surface area contributed by atoms with Crippen LogP contribution in [0.15, 0.2) is 36.0 Å². The van der Waals surface area contributed by atoms with Gasteiger partial charge < -0.3 is 10.4 Å². The second-order valence-electron chi connectivity index (χ2n) is 2.83. The van der Waals surface area contributed by atoms with Gasteiger partial charge in [0.25, 0.3) is 0 Å². The molecular weight excluding hydrogens is 194 g/mol. The predicted octanol–water partition coefficient (Wildman–Crippen LogP) is 0.335. The van der Waals surface area contributed by atoms with E-state index in [2.05, 4.69) is 5.32 Å². The van der Waals surface area contributed by atoms with Gasteiger partial charge in [-0.15, -0.1) is 0 Å². The molecule has 0 radical (unpaired) electrons. The highest BCUT2D eigenvalue weighted by molar-refractivity contribution is 5.90. The van der Waals surface area contributed by atoms with Crippen molar-refractivity contribution in [3.05, 3.63) is 41.6 Å². The van der Waals surface area contributed by atoms with Crippen LogP contribution < -0.4 is 5.32 Å². The standard InChI is InChI=1S/C11H11NO3/c13-7-10(12-11(15)8-14)6-9-4-2-1-3-5-9/h1-7,14H,8H2,(H,12,15). The SMILES string of the molecule is O=CC(=Cc1ccccc1)NC(=O)CO. The van der Waals surface area contributed by atoms with Crippen LogP contribution in [0.5, 0.6) is 0 Å². The Morgan fingerprint density at radius 2 is 2.00 bits per heavy atom. The highest BCUT2D eigenvalue weighted by Crippen LogP contribution is 2.03. The van der Waals surface area contributed by atoms with Gasteiger partial charge in [-0.3, -0.25) is 9.59 Å². The van der Waals surface area contributed by atoms with Gasteiger partial charge in [0.05, 0.1) is 5.70 Å². The second kappa shape index (κ2) is 5.72. The third-order valence-corrected chi connectivity index (χ3v) is 1.68. The predicted molar refractivity (Wildman–Crippen MR) is 55.7 cm³/mol. The first-order chi connectivity index (χ1) is 7.26. The average Bonchev–Trinajstić information content (AvgIpc) is 2.29. The van der Waals surface area contributed by atoms with E-state index >= 15 is 0 Å². The summed E-state index contributed by atoms with van der Waals surface area (Å²) in [5.41, 5.74) is 0.929. The van der Waals surface area contributed by atoms with Gasteiger partial charge in [-0.1, -0.05) is 30.3 Å². The summed E-state index contributed by atoms with van der Waals surface area (Å²) in [7, 11) is 0. The minimum Gasteiger partial charge on any atom is -0.387 e. The molecule has 4 heteroatoms. The Balaban J connectivity index is 2.79. The first kappa shape index (κ1) is 11.1. The van der Waals surface area contributed by atoms with E-state index in [0.717, 1.165) is 5.56 Å². The summed E-state index contributed by atoms with van der Waals surface area (Å²) in [6.07, 6.45) is 2.06. The molecule has 0 heterocycles. The van der Waals surface area contributed by atoms with Crippen LogP contribution in [0.1, 0.15) is 5.56 Å². The quantitative estimate of drug-likeness (QED) is 0.550. The number of aliphatic hydroxyl groups is 1. The Morgan fingerprint density at radius 1 is 1.33 bits per heavy atom. The molecule has 2 N–H and O–H groups in total. The largest absolute Gasteiger partial charge is 0.387 e. The molecule has 4 nitrogen and oxygen atoms in total. The molecule has 0 fully saturated rings. The average molecular weight is 205 g/mol. The van der Waals surface area contributed by atoms with Crippen molar-refractivity contribution in [2.45, 2.75) is 0 Å². The van der Waals surface area contributed by atoms with E-state index in [1.165, 1.54) is 6.08 Å². The second-order valence-corrected chi connectivity index (χ2v) is 2.83. The molecule has 0 aliphatic rings. The van der Waals surface area contributed by atoms with Crippen LogP contribution in [0.3, 0.4) is 0 Å². The molecule has 0 atom stereocenters. The fourth-order valence-corrected chi connectivity index (χ4v) is 1.03. The van der Waals surface area contributed by atoms with Crippen molar-refractivity contribution in [3.63, 3.8) is 0 Å². The maximum atomic E-state index is 10.8. The summed E-state index contributed by atoms with van der Waals surface area (Å²) in [6, 6.07) is 9.09. The van der Waals surface area contributed by atoms with Crippen LogP contribution in [0, 0.1) is 0 Å². The van der Waals surface area contributed by atoms with Crippen LogP contribution in [-0.2, 0) is 9.59 Å². The number of nitrogens with one attached hydrogen (secondary N) is 1. The number of allylic oxidation sites excluding steroid dienone is 1. The third-order valence-electron chi connectivity index (χ3n) is 1.68. The molecule has 0 unspecified atom stereocenters. The van der Waals surface area contributed by atoms with Gasteiger partial charge in [0.1, 0.15) is 6.61 Å². The van der Waals surface area contributed by atoms with Gasteiger partial charge in [0.15, 0.2) is 6.29 Å². The summed E-state index contributed by atoms with van der Waals surface area (Å²) in [4.78, 5) is 21.4. The zero-order chi connectivity index (χ0) is 11.1. The third kappa shape index (κ3) is 3.74. The maximum absolute atomic E-state index is 10.8. The molecule has 1 aromatic carbocycles. The first-order valence-corrected chi connectivity index (χ1v) is 4.39. The van der Waals surface area contributed by atoms with Crippen LogP contribution in [0.25, 0.3) is 6.08 Å². The highest BCUT2D eigenvalue weighted by Gasteiger charge is 2.01. The number of carbonyl (C=O) groups is 2. The van der Waals surface area contributed by atoms with E-state index in [-0.39, 0.29) is 5.70 Å². The van der Waals surface area contributed by atoms with E-state index in [1.54, 1.807) is 12.1 Å². The van der Waals surface area contributed by atoms with Gasteiger partial charge in [0, 0.05) is 0 Å². The molecular formula is C11H11NO3. The molecule has 0 aromatic heterocycles. The van der Waals surface area contributed by atoms with Crippen molar-refractivity contribution in [2.24, 2.45) is 0 Å². The summed E-state index contributed by atoms with van der Waals surface area (Å²) < 4.78 is 0. The molecule has 15 heavy (non-hydrogen) atoms. The molecule has 0 saturated carbocycles. The molecule has 0 spiro atoms. The number of hydrogen-bond donors (Lipinski definition) is 2. The number of aliphatic hydroxyl groups excluding tert-OH is 1. The molecule has 78 valence electrons. The van der Waals surface area contributed by atoms with Crippen molar-refractivity contribution in [3.8, 4) is 0 Å². The van der Waals surface area contributed by atoms with Crippen LogP contribution in [0.4, 0.5) is 0 Å². The minimum absolute atomic E-state index is 0.125. The zero-order valence-corrected chi connectivity index (χ0v) is 8.01. The minimum atomic E-state index is -0.639. The molecule has 1 amide bonds. The lowest BCUT2D eigenvalue weighted by molar-refractivity contribution is -0.123. The Bertz CT molecular complexity index is 371. The number of hydrogen-bond acceptors (Lipinski definition) is 3. The maximum Gasteiger partial charge on any atom is 0.250 e. The Hall–Kier alpha value is -1.94. The van der Waals surface area contributed by atoms with E-state index in [9.17, 15) is 9.59 Å². The summed E-state index contributed by atoms with van der Waals surface area (Å²) in [5.74, 6) is -0.607. The number of benzene rings is 1. The van der Waals surface area contributed by atoms with Gasteiger partial charge in [-0.05, 0) is 11.6 Å². The Labute approximate surface area is 87.2 Å².